The Labute approximate surface area is 233 Å². The Balaban J connectivity index is 1.81. The van der Waals surface area contributed by atoms with Gasteiger partial charge in [-0.1, -0.05) is 0 Å². The lowest BCUT2D eigenvalue weighted by Gasteiger charge is -2.48. The summed E-state index contributed by atoms with van der Waals surface area (Å²) in [4.78, 5) is 4.34. The maximum atomic E-state index is 12.5. The summed E-state index contributed by atoms with van der Waals surface area (Å²) in [5.41, 5.74) is 22.8. The molecule has 3 aliphatic rings. The minimum absolute atomic E-state index is 0.115. The van der Waals surface area contributed by atoms with E-state index in [0.717, 1.165) is 0 Å². The summed E-state index contributed by atoms with van der Waals surface area (Å²) in [5, 5.41) is 48.9. The molecule has 13 atom stereocenters. The van der Waals surface area contributed by atoms with Crippen molar-refractivity contribution in [3.8, 4) is 0 Å². The fraction of sp³-hybridized carbons (Fsp3) is 0.958. The second kappa shape index (κ2) is 14.9. The third kappa shape index (κ3) is 8.03. The first kappa shape index (κ1) is 33.4. The zero-order valence-corrected chi connectivity index (χ0v) is 23.1. The normalized spacial score (nSPS) is 44.0. The van der Waals surface area contributed by atoms with Crippen molar-refractivity contribution < 1.29 is 43.8 Å². The van der Waals surface area contributed by atoms with E-state index in [1.54, 1.807) is 7.05 Å². The number of amidine groups is 1. The number of aliphatic hydroxyl groups excluding tert-OH is 3. The van der Waals surface area contributed by atoms with Crippen LogP contribution in [0.25, 0.3) is 0 Å². The van der Waals surface area contributed by atoms with E-state index < -0.39 is 79.5 Å². The van der Waals surface area contributed by atoms with Crippen LogP contribution in [0.2, 0.25) is 0 Å². The smallest absolute Gasteiger partial charge is 0.185 e. The van der Waals surface area contributed by atoms with Gasteiger partial charge >= 0.3 is 0 Å². The van der Waals surface area contributed by atoms with Gasteiger partial charge in [0, 0.05) is 25.7 Å². The van der Waals surface area contributed by atoms with E-state index >= 15 is 0 Å². The lowest BCUT2D eigenvalue weighted by molar-refractivity contribution is -0.306. The Hall–Kier alpha value is -1.12. The summed E-state index contributed by atoms with van der Waals surface area (Å²) >= 11 is 0. The van der Waals surface area contributed by atoms with Crippen LogP contribution in [0.3, 0.4) is 0 Å². The first-order valence-electron chi connectivity index (χ1n) is 13.8. The van der Waals surface area contributed by atoms with Crippen molar-refractivity contribution in [3.05, 3.63) is 0 Å². The number of rotatable bonds is 12. The van der Waals surface area contributed by atoms with E-state index in [4.69, 9.17) is 41.9 Å². The Morgan fingerprint density at radius 3 is 2.50 bits per heavy atom. The number of nitrogens with one attached hydrogen (secondary N) is 2. The molecule has 3 fully saturated rings. The molecule has 0 aromatic heterocycles. The van der Waals surface area contributed by atoms with Crippen LogP contribution in [0, 0.1) is 0 Å². The third-order valence-corrected chi connectivity index (χ3v) is 7.73. The highest BCUT2D eigenvalue weighted by Crippen LogP contribution is 2.33. The molecule has 0 amide bonds. The highest BCUT2D eigenvalue weighted by molar-refractivity contribution is 5.85. The largest absolute Gasteiger partial charge is 0.388 e. The molecule has 3 rings (SSSR count). The third-order valence-electron chi connectivity index (χ3n) is 7.73. The van der Waals surface area contributed by atoms with Crippen molar-refractivity contribution in [2.24, 2.45) is 27.9 Å². The number of aliphatic hydroxyl groups is 4. The van der Waals surface area contributed by atoms with Crippen molar-refractivity contribution in [2.45, 2.75) is 105 Å². The Morgan fingerprint density at radius 1 is 1.15 bits per heavy atom. The van der Waals surface area contributed by atoms with E-state index in [-0.39, 0.29) is 38.1 Å². The number of hydrogen-bond acceptors (Lipinski definition) is 14. The Kier molecular flexibility index (Phi) is 12.4. The highest BCUT2D eigenvalue weighted by atomic mass is 19.1. The lowest BCUT2D eigenvalue weighted by Crippen LogP contribution is -2.67. The monoisotopic (exact) mass is 581 g/mol. The minimum atomic E-state index is -1.41. The van der Waals surface area contributed by atoms with Gasteiger partial charge in [0.15, 0.2) is 12.6 Å². The van der Waals surface area contributed by atoms with Crippen molar-refractivity contribution >= 4 is 5.84 Å². The number of nitrogens with two attached hydrogens (primary N) is 4. The molecule has 0 bridgehead atoms. The Morgan fingerprint density at radius 2 is 1.85 bits per heavy atom. The molecule has 2 saturated heterocycles. The van der Waals surface area contributed by atoms with Crippen molar-refractivity contribution in [2.75, 3.05) is 40.0 Å². The van der Waals surface area contributed by atoms with Crippen molar-refractivity contribution in [1.82, 2.24) is 10.6 Å². The maximum absolute atomic E-state index is 12.5. The van der Waals surface area contributed by atoms with Gasteiger partial charge in [0.2, 0.25) is 0 Å². The second-order valence-electron chi connectivity index (χ2n) is 11.0. The quantitative estimate of drug-likeness (QED) is 0.0590. The summed E-state index contributed by atoms with van der Waals surface area (Å²) in [6.07, 6.45) is -7.21. The van der Waals surface area contributed by atoms with E-state index in [1.807, 2.05) is 0 Å². The van der Waals surface area contributed by atoms with E-state index in [0.29, 0.717) is 19.4 Å². The van der Waals surface area contributed by atoms with Gasteiger partial charge in [-0.3, -0.25) is 4.99 Å². The molecular weight excluding hydrogens is 533 g/mol. The molecule has 0 aromatic rings. The fourth-order valence-corrected chi connectivity index (χ4v) is 5.45. The van der Waals surface area contributed by atoms with Crippen LogP contribution in [0.1, 0.15) is 26.2 Å². The van der Waals surface area contributed by atoms with Gasteiger partial charge in [-0.2, -0.15) is 0 Å². The molecule has 14 N–H and O–H groups in total. The zero-order valence-electron chi connectivity index (χ0n) is 23.1. The lowest BCUT2D eigenvalue weighted by atomic mass is 9.83. The molecule has 0 radical (unpaired) electrons. The second-order valence-corrected chi connectivity index (χ2v) is 11.0. The molecule has 13 unspecified atom stereocenters. The predicted octanol–water partition coefficient (Wildman–Crippen LogP) is -4.66. The molecule has 234 valence electrons. The van der Waals surface area contributed by atoms with Crippen LogP contribution in [-0.2, 0) is 18.9 Å². The first-order valence-corrected chi connectivity index (χ1v) is 13.8. The standard InChI is InChI=1S/C24H48FN7O8/c1-24(36)10-37-23(17(35)20(24)30-2)40-19-14(32-21(29)15(33)8-26)7-13(28)18(16(19)34)39-22-12(27)4-3-11(38-22)9-31-6-5-25/h11-20,22-23,30-31,33-36H,3-10,26-28H2,1-2H3,(H2,29,32). The van der Waals surface area contributed by atoms with Crippen LogP contribution < -0.4 is 33.6 Å². The van der Waals surface area contributed by atoms with Gasteiger partial charge < -0.3 is 72.9 Å². The number of hydrogen-bond donors (Lipinski definition) is 10. The SMILES string of the molecule is CNC1C(O)C(OC2C(N=C(N)C(O)CN)CC(N)C(OC3OC(CNCCF)CCC3N)C2O)OCC1(C)O. The van der Waals surface area contributed by atoms with Crippen LogP contribution in [0.4, 0.5) is 4.39 Å². The molecule has 2 heterocycles. The average molecular weight is 582 g/mol. The molecule has 15 nitrogen and oxygen atoms in total. The van der Waals surface area contributed by atoms with Gasteiger partial charge in [0.1, 0.15) is 48.6 Å². The Bertz CT molecular complexity index is 817. The predicted molar refractivity (Wildman–Crippen MR) is 143 cm³/mol. The average Bonchev–Trinajstić information content (AvgIpc) is 2.91. The first-order chi connectivity index (χ1) is 18.9. The number of aliphatic imine (C=N–C) groups is 1. The van der Waals surface area contributed by atoms with Crippen LogP contribution in [0.5, 0.6) is 0 Å². The summed E-state index contributed by atoms with van der Waals surface area (Å²) in [7, 11) is 1.58. The van der Waals surface area contributed by atoms with Crippen LogP contribution in [0.15, 0.2) is 4.99 Å². The maximum Gasteiger partial charge on any atom is 0.185 e. The number of nitrogens with zero attached hydrogens (tertiary/aromatic N) is 1. The summed E-state index contributed by atoms with van der Waals surface area (Å²) in [5.74, 6) is -0.165. The zero-order chi connectivity index (χ0) is 29.6. The molecule has 1 saturated carbocycles. The van der Waals surface area contributed by atoms with Gasteiger partial charge in [-0.15, -0.1) is 0 Å². The topological polar surface area (TPSA) is 258 Å². The number of likely N-dealkylation sites (N-methyl/N-ethyl adjacent to an activating group) is 1. The van der Waals surface area contributed by atoms with Gasteiger partial charge in [0.25, 0.3) is 0 Å². The fourth-order valence-electron chi connectivity index (χ4n) is 5.45. The van der Waals surface area contributed by atoms with E-state index in [1.165, 1.54) is 6.92 Å². The molecule has 0 aromatic carbocycles. The molecular formula is C24H48FN7O8. The molecule has 2 aliphatic heterocycles. The highest BCUT2D eigenvalue weighted by Gasteiger charge is 2.51. The number of alkyl halides is 1. The van der Waals surface area contributed by atoms with Crippen LogP contribution >= 0.6 is 0 Å². The van der Waals surface area contributed by atoms with Gasteiger partial charge in [-0.05, 0) is 33.2 Å². The molecule has 0 spiro atoms. The molecule has 16 heteroatoms. The summed E-state index contributed by atoms with van der Waals surface area (Å²) < 4.78 is 36.3. The minimum Gasteiger partial charge on any atom is -0.388 e. The number of halogens is 1. The van der Waals surface area contributed by atoms with Crippen molar-refractivity contribution in [1.29, 1.82) is 0 Å². The number of ether oxygens (including phenoxy) is 4. The summed E-state index contributed by atoms with van der Waals surface area (Å²) in [6.45, 7) is 1.29. The van der Waals surface area contributed by atoms with Gasteiger partial charge in [0.05, 0.1) is 30.8 Å². The van der Waals surface area contributed by atoms with E-state index in [2.05, 4.69) is 15.6 Å². The molecule has 40 heavy (non-hydrogen) atoms. The molecule has 1 aliphatic carbocycles. The van der Waals surface area contributed by atoms with Gasteiger partial charge in [-0.25, -0.2) is 4.39 Å². The van der Waals surface area contributed by atoms with E-state index in [9.17, 15) is 24.8 Å². The van der Waals surface area contributed by atoms with Crippen LogP contribution in [-0.4, -0.2) is 145 Å². The summed E-state index contributed by atoms with van der Waals surface area (Å²) in [6, 6.07) is -2.93. The van der Waals surface area contributed by atoms with Crippen molar-refractivity contribution in [3.63, 3.8) is 0 Å².